The zero-order valence-electron chi connectivity index (χ0n) is 10.6. The van der Waals surface area contributed by atoms with E-state index in [1.54, 1.807) is 13.8 Å². The molecule has 1 aliphatic rings. The van der Waals surface area contributed by atoms with E-state index in [1.165, 1.54) is 0 Å². The Bertz CT molecular complexity index is 304. The number of ether oxygens (including phenoxy) is 2. The van der Waals surface area contributed by atoms with Crippen LogP contribution < -0.4 is 0 Å². The van der Waals surface area contributed by atoms with Gasteiger partial charge in [-0.15, -0.1) is 0 Å². The summed E-state index contributed by atoms with van der Waals surface area (Å²) in [5.74, 6) is -0.578. The molecule has 0 saturated carbocycles. The zero-order valence-corrected chi connectivity index (χ0v) is 10.6. The number of carbonyl (C=O) groups excluding carboxylic acids is 2. The summed E-state index contributed by atoms with van der Waals surface area (Å²) in [4.78, 5) is 23.3. The monoisotopic (exact) mass is 228 g/mol. The lowest BCUT2D eigenvalue weighted by atomic mass is 9.87. The van der Waals surface area contributed by atoms with Gasteiger partial charge in [0.25, 0.3) is 0 Å². The molecule has 4 nitrogen and oxygen atoms in total. The standard InChI is InChI=1S/C12H20O4/c1-6-11(2,3)9(13)16-8-7-15-10(14)12(8,4)5/h8H,6-7H2,1-5H3. The number of carbonyl (C=O) groups is 2. The first-order valence-corrected chi connectivity index (χ1v) is 5.60. The highest BCUT2D eigenvalue weighted by Gasteiger charge is 2.48. The Hall–Kier alpha value is -1.06. The maximum atomic E-state index is 11.9. The van der Waals surface area contributed by atoms with Gasteiger partial charge in [-0.2, -0.15) is 0 Å². The van der Waals surface area contributed by atoms with Crippen LogP contribution in [0.15, 0.2) is 0 Å². The van der Waals surface area contributed by atoms with Crippen LogP contribution in [0.1, 0.15) is 41.0 Å². The van der Waals surface area contributed by atoms with Crippen molar-refractivity contribution in [2.45, 2.75) is 47.1 Å². The topological polar surface area (TPSA) is 52.6 Å². The highest BCUT2D eigenvalue weighted by molar-refractivity contribution is 5.81. The molecular weight excluding hydrogens is 208 g/mol. The molecule has 0 N–H and O–H groups in total. The molecule has 1 heterocycles. The summed E-state index contributed by atoms with van der Waals surface area (Å²) in [6.07, 6.45) is 0.228. The Morgan fingerprint density at radius 2 is 2.12 bits per heavy atom. The molecule has 1 atom stereocenters. The van der Waals surface area contributed by atoms with Crippen molar-refractivity contribution in [3.05, 3.63) is 0 Å². The largest absolute Gasteiger partial charge is 0.461 e. The van der Waals surface area contributed by atoms with Crippen molar-refractivity contribution < 1.29 is 19.1 Å². The smallest absolute Gasteiger partial charge is 0.315 e. The molecule has 1 aliphatic heterocycles. The molecule has 1 unspecified atom stereocenters. The van der Waals surface area contributed by atoms with Gasteiger partial charge in [-0.1, -0.05) is 6.92 Å². The Kier molecular flexibility index (Phi) is 3.31. The number of hydrogen-bond donors (Lipinski definition) is 0. The molecule has 1 fully saturated rings. The molecule has 4 heteroatoms. The third kappa shape index (κ3) is 2.20. The van der Waals surface area contributed by atoms with Crippen LogP contribution in [-0.2, 0) is 19.1 Å². The van der Waals surface area contributed by atoms with E-state index in [0.29, 0.717) is 6.42 Å². The lowest BCUT2D eigenvalue weighted by molar-refractivity contribution is -0.164. The first-order valence-electron chi connectivity index (χ1n) is 5.60. The molecule has 0 bridgehead atoms. The molecule has 0 spiro atoms. The SMILES string of the molecule is CCC(C)(C)C(=O)OC1COC(=O)C1(C)C. The van der Waals surface area contributed by atoms with Crippen LogP contribution in [-0.4, -0.2) is 24.6 Å². The van der Waals surface area contributed by atoms with Crippen LogP contribution in [0.4, 0.5) is 0 Å². The van der Waals surface area contributed by atoms with Gasteiger partial charge < -0.3 is 9.47 Å². The van der Waals surface area contributed by atoms with E-state index < -0.39 is 16.9 Å². The lowest BCUT2D eigenvalue weighted by Crippen LogP contribution is -2.38. The summed E-state index contributed by atoms with van der Waals surface area (Å²) in [7, 11) is 0. The van der Waals surface area contributed by atoms with Crippen LogP contribution in [0.5, 0.6) is 0 Å². The van der Waals surface area contributed by atoms with Crippen LogP contribution in [0.2, 0.25) is 0 Å². The van der Waals surface area contributed by atoms with E-state index >= 15 is 0 Å². The maximum Gasteiger partial charge on any atom is 0.315 e. The summed E-state index contributed by atoms with van der Waals surface area (Å²) >= 11 is 0. The molecule has 0 aromatic rings. The summed E-state index contributed by atoms with van der Waals surface area (Å²) in [6.45, 7) is 9.23. The molecule has 0 aromatic carbocycles. The minimum absolute atomic E-state index is 0.164. The van der Waals surface area contributed by atoms with Crippen molar-refractivity contribution in [1.29, 1.82) is 0 Å². The molecule has 1 rings (SSSR count). The van der Waals surface area contributed by atoms with Crippen molar-refractivity contribution in [1.82, 2.24) is 0 Å². The fraction of sp³-hybridized carbons (Fsp3) is 0.833. The van der Waals surface area contributed by atoms with Gasteiger partial charge in [0, 0.05) is 0 Å². The zero-order chi connectivity index (χ0) is 12.6. The van der Waals surface area contributed by atoms with E-state index in [0.717, 1.165) is 0 Å². The van der Waals surface area contributed by atoms with Gasteiger partial charge in [-0.05, 0) is 34.1 Å². The molecule has 0 aliphatic carbocycles. The quantitative estimate of drug-likeness (QED) is 0.692. The molecule has 0 radical (unpaired) electrons. The van der Waals surface area contributed by atoms with Gasteiger partial charge in [0.15, 0.2) is 6.10 Å². The van der Waals surface area contributed by atoms with Crippen molar-refractivity contribution in [2.75, 3.05) is 6.61 Å². The minimum Gasteiger partial charge on any atom is -0.461 e. The third-order valence-corrected chi connectivity index (χ3v) is 3.38. The average molecular weight is 228 g/mol. The second kappa shape index (κ2) is 4.07. The van der Waals surface area contributed by atoms with Gasteiger partial charge in [-0.25, -0.2) is 0 Å². The Labute approximate surface area is 96.3 Å². The van der Waals surface area contributed by atoms with E-state index in [1.807, 2.05) is 20.8 Å². The summed E-state index contributed by atoms with van der Waals surface area (Å²) in [5, 5.41) is 0. The number of rotatable bonds is 3. The second-order valence-electron chi connectivity index (χ2n) is 5.45. The Morgan fingerprint density at radius 3 is 2.50 bits per heavy atom. The number of esters is 2. The fourth-order valence-corrected chi connectivity index (χ4v) is 1.29. The van der Waals surface area contributed by atoms with Crippen molar-refractivity contribution in [2.24, 2.45) is 10.8 Å². The highest BCUT2D eigenvalue weighted by Crippen LogP contribution is 2.33. The average Bonchev–Trinajstić information content (AvgIpc) is 2.44. The molecule has 0 aromatic heterocycles. The first kappa shape index (κ1) is 13.0. The van der Waals surface area contributed by atoms with Crippen LogP contribution >= 0.6 is 0 Å². The normalized spacial score (nSPS) is 24.1. The molecule has 16 heavy (non-hydrogen) atoms. The first-order chi connectivity index (χ1) is 7.21. The van der Waals surface area contributed by atoms with E-state index in [-0.39, 0.29) is 18.5 Å². The van der Waals surface area contributed by atoms with Crippen molar-refractivity contribution in [3.8, 4) is 0 Å². The lowest BCUT2D eigenvalue weighted by Gasteiger charge is -2.27. The summed E-state index contributed by atoms with van der Waals surface area (Å²) in [5.41, 5.74) is -1.25. The molecular formula is C12H20O4. The van der Waals surface area contributed by atoms with Crippen molar-refractivity contribution >= 4 is 11.9 Å². The summed E-state index contributed by atoms with van der Waals surface area (Å²) in [6, 6.07) is 0. The second-order valence-corrected chi connectivity index (χ2v) is 5.45. The number of hydrogen-bond acceptors (Lipinski definition) is 4. The van der Waals surface area contributed by atoms with Gasteiger partial charge in [0.1, 0.15) is 12.0 Å². The summed E-state index contributed by atoms with van der Waals surface area (Å²) < 4.78 is 10.3. The van der Waals surface area contributed by atoms with Gasteiger partial charge in [0.2, 0.25) is 0 Å². The van der Waals surface area contributed by atoms with E-state index in [9.17, 15) is 9.59 Å². The van der Waals surface area contributed by atoms with Crippen LogP contribution in [0, 0.1) is 10.8 Å². The van der Waals surface area contributed by atoms with Gasteiger partial charge in [-0.3, -0.25) is 9.59 Å². The minimum atomic E-state index is -0.737. The Balaban J connectivity index is 2.70. The van der Waals surface area contributed by atoms with E-state index in [4.69, 9.17) is 9.47 Å². The van der Waals surface area contributed by atoms with Crippen LogP contribution in [0.25, 0.3) is 0 Å². The predicted octanol–water partition coefficient (Wildman–Crippen LogP) is 1.92. The van der Waals surface area contributed by atoms with E-state index in [2.05, 4.69) is 0 Å². The number of cyclic esters (lactones) is 1. The molecule has 92 valence electrons. The maximum absolute atomic E-state index is 11.9. The van der Waals surface area contributed by atoms with Gasteiger partial charge in [0.05, 0.1) is 5.41 Å². The third-order valence-electron chi connectivity index (χ3n) is 3.38. The highest BCUT2D eigenvalue weighted by atomic mass is 16.6. The van der Waals surface area contributed by atoms with Crippen LogP contribution in [0.3, 0.4) is 0 Å². The van der Waals surface area contributed by atoms with Gasteiger partial charge >= 0.3 is 11.9 Å². The van der Waals surface area contributed by atoms with Crippen molar-refractivity contribution in [3.63, 3.8) is 0 Å². The fourth-order valence-electron chi connectivity index (χ4n) is 1.29. The predicted molar refractivity (Wildman–Crippen MR) is 58.7 cm³/mol. The molecule has 1 saturated heterocycles. The Morgan fingerprint density at radius 1 is 1.56 bits per heavy atom. The molecule has 0 amide bonds.